The van der Waals surface area contributed by atoms with Crippen molar-refractivity contribution in [1.82, 2.24) is 9.97 Å². The molecule has 0 saturated heterocycles. The van der Waals surface area contributed by atoms with Crippen molar-refractivity contribution in [1.29, 1.82) is 0 Å². The molecular weight excluding hydrogens is 288 g/mol. The third-order valence-electron chi connectivity index (χ3n) is 3.89. The van der Waals surface area contributed by atoms with Crippen molar-refractivity contribution >= 4 is 28.3 Å². The third kappa shape index (κ3) is 2.77. The molecule has 5 nitrogen and oxygen atoms in total. The molecule has 0 aliphatic rings. The van der Waals surface area contributed by atoms with Crippen molar-refractivity contribution in [3.8, 4) is 0 Å². The Morgan fingerprint density at radius 2 is 2.09 bits per heavy atom. The number of carbonyl (C=O) groups is 1. The predicted octanol–water partition coefficient (Wildman–Crippen LogP) is 3.83. The van der Waals surface area contributed by atoms with Crippen LogP contribution in [0.25, 0.3) is 10.9 Å². The lowest BCUT2D eigenvalue weighted by Gasteiger charge is -2.15. The zero-order valence-electron chi connectivity index (χ0n) is 13.5. The van der Waals surface area contributed by atoms with E-state index in [2.05, 4.69) is 35.2 Å². The van der Waals surface area contributed by atoms with Crippen LogP contribution in [-0.2, 0) is 0 Å². The molecule has 0 radical (unpaired) electrons. The lowest BCUT2D eigenvalue weighted by atomic mass is 9.96. The van der Waals surface area contributed by atoms with Crippen LogP contribution in [0.15, 0.2) is 36.5 Å². The van der Waals surface area contributed by atoms with Gasteiger partial charge in [-0.3, -0.25) is 4.79 Å². The van der Waals surface area contributed by atoms with E-state index in [1.165, 1.54) is 0 Å². The minimum atomic E-state index is -0.246. The first-order valence-corrected chi connectivity index (χ1v) is 7.61. The lowest BCUT2D eigenvalue weighted by molar-refractivity contribution is 0.102. The Hall–Kier alpha value is -2.82. The molecule has 0 bridgehead atoms. The number of anilines is 2. The van der Waals surface area contributed by atoms with Gasteiger partial charge in [0.1, 0.15) is 5.82 Å². The van der Waals surface area contributed by atoms with Crippen LogP contribution in [0.4, 0.5) is 11.5 Å². The van der Waals surface area contributed by atoms with E-state index in [-0.39, 0.29) is 17.6 Å². The van der Waals surface area contributed by atoms with Crippen LogP contribution < -0.4 is 11.1 Å². The zero-order valence-corrected chi connectivity index (χ0v) is 13.5. The molecular formula is C18H20N4O. The van der Waals surface area contributed by atoms with E-state index in [0.717, 1.165) is 27.8 Å². The molecule has 2 aromatic heterocycles. The molecule has 1 aromatic carbocycles. The third-order valence-corrected chi connectivity index (χ3v) is 3.89. The monoisotopic (exact) mass is 308 g/mol. The van der Waals surface area contributed by atoms with Gasteiger partial charge in [-0.1, -0.05) is 13.8 Å². The molecule has 5 heteroatoms. The van der Waals surface area contributed by atoms with Crippen LogP contribution in [0.5, 0.6) is 0 Å². The maximum atomic E-state index is 12.5. The topological polar surface area (TPSA) is 83.8 Å². The molecule has 0 saturated carbocycles. The smallest absolute Gasteiger partial charge is 0.259 e. The first-order chi connectivity index (χ1) is 11.0. The van der Waals surface area contributed by atoms with Gasteiger partial charge in [-0.25, -0.2) is 4.98 Å². The van der Waals surface area contributed by atoms with Gasteiger partial charge >= 0.3 is 0 Å². The molecule has 0 aliphatic carbocycles. The zero-order chi connectivity index (χ0) is 16.6. The average molecular weight is 308 g/mol. The largest absolute Gasteiger partial charge is 0.383 e. The van der Waals surface area contributed by atoms with E-state index < -0.39 is 0 Å². The Balaban J connectivity index is 2.04. The van der Waals surface area contributed by atoms with Crippen molar-refractivity contribution in [2.75, 3.05) is 11.1 Å². The maximum absolute atomic E-state index is 12.5. The summed E-state index contributed by atoms with van der Waals surface area (Å²) in [5.41, 5.74) is 10.3. The van der Waals surface area contributed by atoms with Crippen LogP contribution >= 0.6 is 0 Å². The Kier molecular flexibility index (Phi) is 3.78. The van der Waals surface area contributed by atoms with Crippen molar-refractivity contribution < 1.29 is 4.79 Å². The summed E-state index contributed by atoms with van der Waals surface area (Å²) in [6.45, 7) is 6.26. The highest BCUT2D eigenvalue weighted by atomic mass is 16.1. The Labute approximate surface area is 134 Å². The summed E-state index contributed by atoms with van der Waals surface area (Å²) in [5.74, 6) is 0.259. The van der Waals surface area contributed by atoms with Gasteiger partial charge in [0, 0.05) is 28.5 Å². The van der Waals surface area contributed by atoms with E-state index in [1.807, 2.05) is 19.1 Å². The Morgan fingerprint density at radius 1 is 1.30 bits per heavy atom. The van der Waals surface area contributed by atoms with E-state index in [0.29, 0.717) is 5.56 Å². The van der Waals surface area contributed by atoms with Gasteiger partial charge in [-0.2, -0.15) is 0 Å². The summed E-state index contributed by atoms with van der Waals surface area (Å²) < 4.78 is 0. The number of amides is 1. The van der Waals surface area contributed by atoms with Gasteiger partial charge in [0.2, 0.25) is 0 Å². The van der Waals surface area contributed by atoms with Gasteiger partial charge in [-0.15, -0.1) is 0 Å². The highest BCUT2D eigenvalue weighted by molar-refractivity contribution is 6.08. The molecule has 0 spiro atoms. The van der Waals surface area contributed by atoms with Gasteiger partial charge in [0.25, 0.3) is 5.91 Å². The fourth-order valence-electron chi connectivity index (χ4n) is 2.90. The summed E-state index contributed by atoms with van der Waals surface area (Å²) in [4.78, 5) is 19.8. The molecule has 1 amide bonds. The molecule has 23 heavy (non-hydrogen) atoms. The molecule has 3 rings (SSSR count). The van der Waals surface area contributed by atoms with Crippen LogP contribution in [-0.4, -0.2) is 15.9 Å². The quantitative estimate of drug-likeness (QED) is 0.687. The second kappa shape index (κ2) is 5.76. The number of nitrogens with zero attached hydrogens (tertiary/aromatic N) is 1. The first kappa shape index (κ1) is 15.1. The number of benzene rings is 1. The fourth-order valence-corrected chi connectivity index (χ4v) is 2.90. The van der Waals surface area contributed by atoms with Crippen LogP contribution in [0, 0.1) is 6.92 Å². The Bertz CT molecular complexity index is 880. The number of hydrogen-bond acceptors (Lipinski definition) is 3. The molecule has 0 atom stereocenters. The minimum absolute atomic E-state index is 0.231. The molecule has 3 aromatic rings. The number of hydrogen-bond donors (Lipinski definition) is 3. The SMILES string of the molecule is Cc1cc2c(C(C)C)c(NC(=O)c3cccnc3N)ccc2[nH]1. The minimum Gasteiger partial charge on any atom is -0.383 e. The van der Waals surface area contributed by atoms with Crippen molar-refractivity contribution in [2.45, 2.75) is 26.7 Å². The number of H-pyrrole nitrogens is 1. The maximum Gasteiger partial charge on any atom is 0.259 e. The number of aromatic amines is 1. The van der Waals surface area contributed by atoms with E-state index in [9.17, 15) is 4.79 Å². The number of aromatic nitrogens is 2. The van der Waals surface area contributed by atoms with Crippen molar-refractivity contribution in [2.24, 2.45) is 0 Å². The normalized spacial score (nSPS) is 11.1. The van der Waals surface area contributed by atoms with Crippen LogP contribution in [0.2, 0.25) is 0 Å². The van der Waals surface area contributed by atoms with Crippen molar-refractivity contribution in [3.05, 3.63) is 53.3 Å². The number of rotatable bonds is 3. The first-order valence-electron chi connectivity index (χ1n) is 7.61. The van der Waals surface area contributed by atoms with E-state index in [4.69, 9.17) is 5.73 Å². The summed E-state index contributed by atoms with van der Waals surface area (Å²) in [6, 6.07) is 9.40. The van der Waals surface area contributed by atoms with Crippen LogP contribution in [0.1, 0.15) is 41.4 Å². The molecule has 118 valence electrons. The van der Waals surface area contributed by atoms with E-state index in [1.54, 1.807) is 18.3 Å². The molecule has 2 heterocycles. The molecule has 0 unspecified atom stereocenters. The van der Waals surface area contributed by atoms with Crippen molar-refractivity contribution in [3.63, 3.8) is 0 Å². The predicted molar refractivity (Wildman–Crippen MR) is 93.7 cm³/mol. The van der Waals surface area contributed by atoms with Gasteiger partial charge < -0.3 is 16.0 Å². The number of nitrogens with one attached hydrogen (secondary N) is 2. The summed E-state index contributed by atoms with van der Waals surface area (Å²) >= 11 is 0. The summed E-state index contributed by atoms with van der Waals surface area (Å²) in [7, 11) is 0. The Morgan fingerprint density at radius 3 is 2.78 bits per heavy atom. The second-order valence-corrected chi connectivity index (χ2v) is 5.99. The van der Waals surface area contributed by atoms with Crippen LogP contribution in [0.3, 0.4) is 0 Å². The number of carbonyl (C=O) groups excluding carboxylic acids is 1. The number of nitrogens with two attached hydrogens (primary N) is 1. The standard InChI is InChI=1S/C18H20N4O/c1-10(2)16-13-9-11(3)21-14(13)6-7-15(16)22-18(23)12-5-4-8-20-17(12)19/h4-10,21H,1-3H3,(H2,19,20)(H,22,23). The molecule has 4 N–H and O–H groups in total. The van der Waals surface area contributed by atoms with Gasteiger partial charge in [-0.05, 0) is 48.7 Å². The summed E-state index contributed by atoms with van der Waals surface area (Å²) in [5, 5.41) is 4.11. The van der Waals surface area contributed by atoms with Gasteiger partial charge in [0.15, 0.2) is 0 Å². The number of aryl methyl sites for hydroxylation is 1. The lowest BCUT2D eigenvalue weighted by Crippen LogP contribution is -2.16. The molecule has 0 fully saturated rings. The van der Waals surface area contributed by atoms with E-state index >= 15 is 0 Å². The van der Waals surface area contributed by atoms with Gasteiger partial charge in [0.05, 0.1) is 5.56 Å². The summed E-state index contributed by atoms with van der Waals surface area (Å²) in [6.07, 6.45) is 1.57. The highest BCUT2D eigenvalue weighted by Crippen LogP contribution is 2.33. The number of pyridine rings is 1. The highest BCUT2D eigenvalue weighted by Gasteiger charge is 2.17. The average Bonchev–Trinajstić information content (AvgIpc) is 2.87. The second-order valence-electron chi connectivity index (χ2n) is 5.99. The fraction of sp³-hybridized carbons (Fsp3) is 0.222. The molecule has 0 aliphatic heterocycles. The number of nitrogen functional groups attached to an aromatic ring is 1. The number of fused-ring (bicyclic) bond motifs is 1.